The predicted octanol–water partition coefficient (Wildman–Crippen LogP) is 2.85. The van der Waals surface area contributed by atoms with Crippen LogP contribution in [0.25, 0.3) is 6.08 Å². The summed E-state index contributed by atoms with van der Waals surface area (Å²) in [5.74, 6) is -0.300. The Balaban J connectivity index is 1.97. The second-order valence-corrected chi connectivity index (χ2v) is 5.50. The third-order valence-electron chi connectivity index (χ3n) is 2.65. The van der Waals surface area contributed by atoms with Crippen molar-refractivity contribution in [2.45, 2.75) is 13.8 Å². The maximum absolute atomic E-state index is 11.9. The van der Waals surface area contributed by atoms with Gasteiger partial charge >= 0.3 is 0 Å². The number of aryl methyl sites for hydroxylation is 1. The minimum absolute atomic E-state index is 0.300. The largest absolute Gasteiger partial charge is 0.375 e. The van der Waals surface area contributed by atoms with Gasteiger partial charge in [-0.3, -0.25) is 4.79 Å². The van der Waals surface area contributed by atoms with Crippen LogP contribution in [0.4, 0.5) is 5.13 Å². The normalized spacial score (nSPS) is 11.8. The zero-order valence-corrected chi connectivity index (χ0v) is 12.6. The minimum Gasteiger partial charge on any atom is -0.375 e. The number of benzene rings is 1. The van der Waals surface area contributed by atoms with Gasteiger partial charge in [-0.15, -0.1) is 0 Å². The molecular weight excluding hydrogens is 284 g/mol. The van der Waals surface area contributed by atoms with Gasteiger partial charge in [0.2, 0.25) is 0 Å². The molecule has 1 amide bonds. The van der Waals surface area contributed by atoms with Crippen LogP contribution in [0.3, 0.4) is 0 Å². The molecule has 5 nitrogen and oxygen atoms in total. The number of thiazole rings is 1. The number of hydrogen-bond donors (Lipinski definition) is 2. The number of amides is 1. The Bertz CT molecular complexity index is 689. The molecule has 0 aliphatic heterocycles. The summed E-state index contributed by atoms with van der Waals surface area (Å²) >= 11 is 1.15. The SMILES string of the molecule is CC(/C=N\NC(=O)c1sc(N)nc1C)=C\c1ccccc1. The van der Waals surface area contributed by atoms with Crippen LogP contribution >= 0.6 is 11.3 Å². The second kappa shape index (κ2) is 6.81. The molecule has 0 unspecified atom stereocenters. The van der Waals surface area contributed by atoms with Gasteiger partial charge in [-0.2, -0.15) is 5.10 Å². The Kier molecular flexibility index (Phi) is 4.84. The van der Waals surface area contributed by atoms with Gasteiger partial charge in [0.1, 0.15) is 4.88 Å². The van der Waals surface area contributed by atoms with Crippen molar-refractivity contribution in [1.29, 1.82) is 0 Å². The number of anilines is 1. The molecule has 0 aliphatic rings. The van der Waals surface area contributed by atoms with Crippen LogP contribution in [0.2, 0.25) is 0 Å². The van der Waals surface area contributed by atoms with Crippen molar-refractivity contribution in [1.82, 2.24) is 10.4 Å². The number of hydrazone groups is 1. The first kappa shape index (κ1) is 14.9. The predicted molar refractivity (Wildman–Crippen MR) is 87.3 cm³/mol. The molecule has 21 heavy (non-hydrogen) atoms. The van der Waals surface area contributed by atoms with E-state index in [1.54, 1.807) is 13.1 Å². The monoisotopic (exact) mass is 300 g/mol. The van der Waals surface area contributed by atoms with Crippen molar-refractivity contribution in [3.8, 4) is 0 Å². The first-order chi connectivity index (χ1) is 10.1. The fraction of sp³-hybridized carbons (Fsp3) is 0.133. The van der Waals surface area contributed by atoms with Crippen molar-refractivity contribution in [3.63, 3.8) is 0 Å². The minimum atomic E-state index is -0.300. The van der Waals surface area contributed by atoms with Crippen molar-refractivity contribution in [3.05, 3.63) is 52.0 Å². The fourth-order valence-corrected chi connectivity index (χ4v) is 2.44. The fourth-order valence-electron chi connectivity index (χ4n) is 1.72. The summed E-state index contributed by atoms with van der Waals surface area (Å²) in [5, 5.41) is 4.32. The molecule has 1 aromatic heterocycles. The van der Waals surface area contributed by atoms with Gasteiger partial charge in [-0.1, -0.05) is 47.7 Å². The Morgan fingerprint density at radius 3 is 2.71 bits per heavy atom. The standard InChI is InChI=1S/C15H16N4OS/c1-10(8-12-6-4-3-5-7-12)9-17-19-14(20)13-11(2)18-15(16)21-13/h3-9H,1-2H3,(H2,16,18)(H,19,20)/b10-8+,17-9-. The van der Waals surface area contributed by atoms with E-state index in [1.807, 2.05) is 43.3 Å². The van der Waals surface area contributed by atoms with E-state index in [4.69, 9.17) is 5.73 Å². The number of nitrogen functional groups attached to an aromatic ring is 1. The molecule has 3 N–H and O–H groups in total. The first-order valence-electron chi connectivity index (χ1n) is 6.36. The molecule has 2 aromatic rings. The highest BCUT2D eigenvalue weighted by Gasteiger charge is 2.12. The van der Waals surface area contributed by atoms with Crippen molar-refractivity contribution >= 4 is 34.7 Å². The lowest BCUT2D eigenvalue weighted by Gasteiger charge is -1.97. The number of nitrogens with zero attached hydrogens (tertiary/aromatic N) is 2. The highest BCUT2D eigenvalue weighted by atomic mass is 32.1. The summed E-state index contributed by atoms with van der Waals surface area (Å²) < 4.78 is 0. The van der Waals surface area contributed by atoms with E-state index >= 15 is 0 Å². The third kappa shape index (κ3) is 4.25. The summed E-state index contributed by atoms with van der Waals surface area (Å²) in [7, 11) is 0. The van der Waals surface area contributed by atoms with Crippen LogP contribution in [0.5, 0.6) is 0 Å². The van der Waals surface area contributed by atoms with Crippen molar-refractivity contribution in [2.24, 2.45) is 5.10 Å². The molecule has 0 bridgehead atoms. The second-order valence-electron chi connectivity index (χ2n) is 4.46. The summed E-state index contributed by atoms with van der Waals surface area (Å²) in [6.45, 7) is 3.66. The highest BCUT2D eigenvalue weighted by Crippen LogP contribution is 2.19. The Morgan fingerprint density at radius 1 is 1.38 bits per heavy atom. The summed E-state index contributed by atoms with van der Waals surface area (Å²) in [5.41, 5.74) is 10.7. The molecule has 6 heteroatoms. The number of rotatable bonds is 4. The number of hydrogen-bond acceptors (Lipinski definition) is 5. The Morgan fingerprint density at radius 2 is 2.10 bits per heavy atom. The van der Waals surface area contributed by atoms with E-state index in [9.17, 15) is 4.79 Å². The average Bonchev–Trinajstić information content (AvgIpc) is 2.79. The lowest BCUT2D eigenvalue weighted by molar-refractivity contribution is 0.0958. The number of nitrogens with two attached hydrogens (primary N) is 1. The number of allylic oxidation sites excluding steroid dienone is 1. The maximum atomic E-state index is 11.9. The topological polar surface area (TPSA) is 80.4 Å². The number of aromatic nitrogens is 1. The summed E-state index contributed by atoms with van der Waals surface area (Å²) in [4.78, 5) is 16.4. The first-order valence-corrected chi connectivity index (χ1v) is 7.17. The van der Waals surface area contributed by atoms with Gasteiger partial charge in [-0.05, 0) is 25.0 Å². The molecule has 0 saturated heterocycles. The highest BCUT2D eigenvalue weighted by molar-refractivity contribution is 7.17. The lowest BCUT2D eigenvalue weighted by Crippen LogP contribution is -2.17. The summed E-state index contributed by atoms with van der Waals surface area (Å²) in [6.07, 6.45) is 3.58. The van der Waals surface area contributed by atoms with Crippen LogP contribution in [-0.2, 0) is 0 Å². The van der Waals surface area contributed by atoms with E-state index in [1.165, 1.54) is 0 Å². The van der Waals surface area contributed by atoms with Crippen LogP contribution < -0.4 is 11.2 Å². The van der Waals surface area contributed by atoms with Crippen molar-refractivity contribution in [2.75, 3.05) is 5.73 Å². The van der Waals surface area contributed by atoms with Gasteiger partial charge in [0.05, 0.1) is 11.9 Å². The smallest absolute Gasteiger partial charge is 0.283 e. The number of nitrogens with one attached hydrogen (secondary N) is 1. The molecule has 2 rings (SSSR count). The molecule has 108 valence electrons. The number of carbonyl (C=O) groups excluding carboxylic acids is 1. The zero-order chi connectivity index (χ0) is 15.2. The zero-order valence-electron chi connectivity index (χ0n) is 11.8. The molecule has 1 aromatic carbocycles. The molecule has 0 fully saturated rings. The van der Waals surface area contributed by atoms with Crippen LogP contribution in [-0.4, -0.2) is 17.1 Å². The molecule has 0 atom stereocenters. The van der Waals surface area contributed by atoms with Gasteiger partial charge < -0.3 is 5.73 Å². The molecule has 1 heterocycles. The van der Waals surface area contributed by atoms with Gasteiger partial charge in [-0.25, -0.2) is 10.4 Å². The molecular formula is C15H16N4OS. The maximum Gasteiger partial charge on any atom is 0.283 e. The average molecular weight is 300 g/mol. The van der Waals surface area contributed by atoms with Gasteiger partial charge in [0.25, 0.3) is 5.91 Å². The van der Waals surface area contributed by atoms with E-state index < -0.39 is 0 Å². The van der Waals surface area contributed by atoms with E-state index in [-0.39, 0.29) is 5.91 Å². The van der Waals surface area contributed by atoms with Crippen LogP contribution in [0, 0.1) is 6.92 Å². The van der Waals surface area contributed by atoms with E-state index in [0.29, 0.717) is 15.7 Å². The summed E-state index contributed by atoms with van der Waals surface area (Å²) in [6, 6.07) is 9.90. The van der Waals surface area contributed by atoms with E-state index in [0.717, 1.165) is 22.5 Å². The van der Waals surface area contributed by atoms with Crippen LogP contribution in [0.15, 0.2) is 41.0 Å². The quantitative estimate of drug-likeness (QED) is 0.673. The number of carbonyl (C=O) groups is 1. The van der Waals surface area contributed by atoms with Gasteiger partial charge in [0, 0.05) is 0 Å². The third-order valence-corrected chi connectivity index (χ3v) is 3.63. The van der Waals surface area contributed by atoms with Crippen LogP contribution in [0.1, 0.15) is 27.9 Å². The lowest BCUT2D eigenvalue weighted by atomic mass is 10.1. The molecule has 0 aliphatic carbocycles. The van der Waals surface area contributed by atoms with Gasteiger partial charge in [0.15, 0.2) is 5.13 Å². The van der Waals surface area contributed by atoms with Crippen molar-refractivity contribution < 1.29 is 4.79 Å². The Hall–Kier alpha value is -2.47. The molecule has 0 radical (unpaired) electrons. The van der Waals surface area contributed by atoms with E-state index in [2.05, 4.69) is 15.5 Å². The molecule has 0 spiro atoms. The Labute approximate surface area is 127 Å². The molecule has 0 saturated carbocycles.